The van der Waals surface area contributed by atoms with Gasteiger partial charge < -0.3 is 9.47 Å². The van der Waals surface area contributed by atoms with E-state index in [1.54, 1.807) is 6.26 Å². The Hall–Kier alpha value is -1.77. The molecule has 2 fully saturated rings. The highest BCUT2D eigenvalue weighted by atomic mass is 16.6. The second kappa shape index (κ2) is 5.70. The van der Waals surface area contributed by atoms with Crippen LogP contribution in [0, 0.1) is 5.92 Å². The molecule has 3 nitrogen and oxygen atoms in total. The molecule has 0 radical (unpaired) electrons. The summed E-state index contributed by atoms with van der Waals surface area (Å²) in [4.78, 5) is 11.8. The SMILES string of the molecule is O=C(COC=Cc1ccccc1)OC12CCC(CC1)C2. The van der Waals surface area contributed by atoms with E-state index in [0.717, 1.165) is 30.7 Å². The largest absolute Gasteiger partial charge is 0.489 e. The van der Waals surface area contributed by atoms with E-state index >= 15 is 0 Å². The summed E-state index contributed by atoms with van der Waals surface area (Å²) in [6.07, 6.45) is 8.93. The van der Waals surface area contributed by atoms with Crippen LogP contribution in [-0.4, -0.2) is 18.2 Å². The molecule has 0 amide bonds. The zero-order valence-corrected chi connectivity index (χ0v) is 11.6. The van der Waals surface area contributed by atoms with E-state index in [-0.39, 0.29) is 18.2 Å². The van der Waals surface area contributed by atoms with Crippen LogP contribution in [0.2, 0.25) is 0 Å². The molecular weight excluding hydrogens is 252 g/mol. The van der Waals surface area contributed by atoms with E-state index < -0.39 is 0 Å². The second-order valence-electron chi connectivity index (χ2n) is 5.83. The number of benzene rings is 1. The highest BCUT2D eigenvalue weighted by Crippen LogP contribution is 2.49. The third-order valence-corrected chi connectivity index (χ3v) is 4.36. The van der Waals surface area contributed by atoms with Crippen LogP contribution in [0.15, 0.2) is 36.6 Å². The number of esters is 1. The van der Waals surface area contributed by atoms with Gasteiger partial charge in [0.1, 0.15) is 5.60 Å². The molecule has 106 valence electrons. The van der Waals surface area contributed by atoms with Gasteiger partial charge in [0.2, 0.25) is 0 Å². The van der Waals surface area contributed by atoms with Crippen LogP contribution in [0.3, 0.4) is 0 Å². The van der Waals surface area contributed by atoms with E-state index in [1.165, 1.54) is 12.8 Å². The van der Waals surface area contributed by atoms with Crippen molar-refractivity contribution < 1.29 is 14.3 Å². The van der Waals surface area contributed by atoms with Crippen LogP contribution in [0.25, 0.3) is 6.08 Å². The maximum absolute atomic E-state index is 11.8. The molecule has 0 aromatic heterocycles. The lowest BCUT2D eigenvalue weighted by atomic mass is 9.97. The third kappa shape index (κ3) is 3.03. The molecule has 0 N–H and O–H groups in total. The number of hydrogen-bond donors (Lipinski definition) is 0. The van der Waals surface area contributed by atoms with Crippen molar-refractivity contribution in [3.8, 4) is 0 Å². The zero-order chi connectivity index (χ0) is 13.8. The molecule has 2 aliphatic carbocycles. The van der Waals surface area contributed by atoms with Gasteiger partial charge in [0.25, 0.3) is 0 Å². The van der Waals surface area contributed by atoms with Gasteiger partial charge in [-0.05, 0) is 49.7 Å². The fraction of sp³-hybridized carbons (Fsp3) is 0.471. The Morgan fingerprint density at radius 3 is 2.65 bits per heavy atom. The van der Waals surface area contributed by atoms with Crippen LogP contribution in [0.5, 0.6) is 0 Å². The fourth-order valence-corrected chi connectivity index (χ4v) is 3.36. The smallest absolute Gasteiger partial charge is 0.344 e. The summed E-state index contributed by atoms with van der Waals surface area (Å²) < 4.78 is 10.9. The molecule has 0 saturated heterocycles. The minimum absolute atomic E-state index is 0.00422. The van der Waals surface area contributed by atoms with Crippen LogP contribution in [0.1, 0.15) is 37.7 Å². The lowest BCUT2D eigenvalue weighted by Gasteiger charge is -2.26. The molecule has 20 heavy (non-hydrogen) atoms. The summed E-state index contributed by atoms with van der Waals surface area (Å²) in [6, 6.07) is 9.85. The molecule has 0 spiro atoms. The quantitative estimate of drug-likeness (QED) is 0.607. The zero-order valence-electron chi connectivity index (χ0n) is 11.6. The van der Waals surface area contributed by atoms with Gasteiger partial charge in [0, 0.05) is 0 Å². The summed E-state index contributed by atoms with van der Waals surface area (Å²) in [6.45, 7) is -0.00422. The number of fused-ring (bicyclic) bond motifs is 2. The van der Waals surface area contributed by atoms with E-state index in [4.69, 9.17) is 9.47 Å². The van der Waals surface area contributed by atoms with Gasteiger partial charge >= 0.3 is 5.97 Å². The van der Waals surface area contributed by atoms with Crippen molar-refractivity contribution in [3.63, 3.8) is 0 Å². The first-order valence-corrected chi connectivity index (χ1v) is 7.31. The average Bonchev–Trinajstić information content (AvgIpc) is 3.05. The Morgan fingerprint density at radius 2 is 2.00 bits per heavy atom. The number of carbonyl (C=O) groups is 1. The van der Waals surface area contributed by atoms with Gasteiger partial charge in [0.15, 0.2) is 6.61 Å². The standard InChI is InChI=1S/C17H20O3/c18-16(20-17-9-6-15(12-17)7-10-17)13-19-11-8-14-4-2-1-3-5-14/h1-5,8,11,15H,6-7,9-10,12-13H2. The number of carbonyl (C=O) groups excluding carboxylic acids is 1. The average molecular weight is 272 g/mol. The molecule has 2 saturated carbocycles. The predicted molar refractivity (Wildman–Crippen MR) is 76.8 cm³/mol. The third-order valence-electron chi connectivity index (χ3n) is 4.36. The van der Waals surface area contributed by atoms with Crippen LogP contribution < -0.4 is 0 Å². The van der Waals surface area contributed by atoms with Gasteiger partial charge in [-0.15, -0.1) is 0 Å². The normalized spacial score (nSPS) is 27.9. The molecular formula is C17H20O3. The first kappa shape index (κ1) is 13.2. The van der Waals surface area contributed by atoms with Crippen molar-refractivity contribution in [1.82, 2.24) is 0 Å². The van der Waals surface area contributed by atoms with Crippen LogP contribution >= 0.6 is 0 Å². The number of ether oxygens (including phenoxy) is 2. The molecule has 0 heterocycles. The lowest BCUT2D eigenvalue weighted by molar-refractivity contribution is -0.162. The van der Waals surface area contributed by atoms with Gasteiger partial charge in [-0.1, -0.05) is 30.3 Å². The molecule has 3 rings (SSSR count). The summed E-state index contributed by atoms with van der Waals surface area (Å²) in [5.41, 5.74) is 0.891. The van der Waals surface area contributed by atoms with E-state index in [1.807, 2.05) is 36.4 Å². The summed E-state index contributed by atoms with van der Waals surface area (Å²) in [7, 11) is 0. The highest BCUT2D eigenvalue weighted by molar-refractivity contribution is 5.71. The Bertz CT molecular complexity index is 484. The van der Waals surface area contributed by atoms with E-state index in [9.17, 15) is 4.79 Å². The Labute approximate surface area is 119 Å². The molecule has 0 aliphatic heterocycles. The first-order valence-electron chi connectivity index (χ1n) is 7.31. The van der Waals surface area contributed by atoms with Gasteiger partial charge in [-0.2, -0.15) is 0 Å². The van der Waals surface area contributed by atoms with Crippen molar-refractivity contribution in [3.05, 3.63) is 42.2 Å². The maximum atomic E-state index is 11.8. The molecule has 1 aromatic rings. The number of rotatable bonds is 5. The van der Waals surface area contributed by atoms with Crippen molar-refractivity contribution in [2.45, 2.75) is 37.7 Å². The molecule has 2 aliphatic rings. The monoisotopic (exact) mass is 272 g/mol. The van der Waals surface area contributed by atoms with Crippen molar-refractivity contribution >= 4 is 12.0 Å². The topological polar surface area (TPSA) is 35.5 Å². The van der Waals surface area contributed by atoms with Gasteiger partial charge in [-0.25, -0.2) is 4.79 Å². The Balaban J connectivity index is 1.42. The highest BCUT2D eigenvalue weighted by Gasteiger charge is 2.47. The molecule has 1 aromatic carbocycles. The van der Waals surface area contributed by atoms with Crippen LogP contribution in [0.4, 0.5) is 0 Å². The fourth-order valence-electron chi connectivity index (χ4n) is 3.36. The summed E-state index contributed by atoms with van der Waals surface area (Å²) in [5.74, 6) is 0.534. The van der Waals surface area contributed by atoms with Crippen molar-refractivity contribution in [2.75, 3.05) is 6.61 Å². The summed E-state index contributed by atoms with van der Waals surface area (Å²) in [5, 5.41) is 0. The van der Waals surface area contributed by atoms with Crippen molar-refractivity contribution in [2.24, 2.45) is 5.92 Å². The van der Waals surface area contributed by atoms with Gasteiger partial charge in [-0.3, -0.25) is 0 Å². The maximum Gasteiger partial charge on any atom is 0.344 e. The summed E-state index contributed by atoms with van der Waals surface area (Å²) >= 11 is 0. The lowest BCUT2D eigenvalue weighted by Crippen LogP contribution is -2.31. The Morgan fingerprint density at radius 1 is 1.25 bits per heavy atom. The van der Waals surface area contributed by atoms with Crippen LogP contribution in [-0.2, 0) is 14.3 Å². The number of hydrogen-bond acceptors (Lipinski definition) is 3. The van der Waals surface area contributed by atoms with E-state index in [0.29, 0.717) is 0 Å². The molecule has 3 heteroatoms. The second-order valence-corrected chi connectivity index (χ2v) is 5.83. The Kier molecular flexibility index (Phi) is 3.77. The van der Waals surface area contributed by atoms with E-state index in [2.05, 4.69) is 0 Å². The molecule has 2 bridgehead atoms. The first-order chi connectivity index (χ1) is 9.76. The minimum atomic E-state index is -0.245. The molecule has 0 unspecified atom stereocenters. The van der Waals surface area contributed by atoms with Gasteiger partial charge in [0.05, 0.1) is 6.26 Å². The molecule has 0 atom stereocenters. The predicted octanol–water partition coefficient (Wildman–Crippen LogP) is 3.55. The minimum Gasteiger partial charge on any atom is -0.489 e. The van der Waals surface area contributed by atoms with Crippen molar-refractivity contribution in [1.29, 1.82) is 0 Å².